The summed E-state index contributed by atoms with van der Waals surface area (Å²) in [6.07, 6.45) is -0.124. The molecule has 1 amide bonds. The third-order valence-corrected chi connectivity index (χ3v) is 5.67. The average molecular weight is 549 g/mol. The average Bonchev–Trinajstić information content (AvgIpc) is 2.72. The van der Waals surface area contributed by atoms with Crippen LogP contribution in [0.1, 0.15) is 34.5 Å². The summed E-state index contributed by atoms with van der Waals surface area (Å²) in [5.41, 5.74) is 1.62. The first-order chi connectivity index (χ1) is 14.7. The summed E-state index contributed by atoms with van der Waals surface area (Å²) in [6, 6.07) is 16.9. The molecule has 0 saturated heterocycles. The SMILES string of the molecule is CC(NC(=O)c1cc(Oc2c(Br)cc(CC(=O)O)cc2Br)ccc1O)c1ccccc1. The zero-order valence-electron chi connectivity index (χ0n) is 16.4. The van der Waals surface area contributed by atoms with E-state index in [4.69, 9.17) is 9.84 Å². The highest BCUT2D eigenvalue weighted by molar-refractivity contribution is 9.11. The molecular weight excluding hydrogens is 530 g/mol. The first-order valence-electron chi connectivity index (χ1n) is 9.31. The van der Waals surface area contributed by atoms with Crippen molar-refractivity contribution >= 4 is 43.7 Å². The van der Waals surface area contributed by atoms with Crippen LogP contribution in [0.15, 0.2) is 69.6 Å². The number of aliphatic carboxylic acids is 1. The van der Waals surface area contributed by atoms with Gasteiger partial charge in [-0.1, -0.05) is 30.3 Å². The molecule has 0 aromatic heterocycles. The molecule has 3 aromatic carbocycles. The van der Waals surface area contributed by atoms with Crippen molar-refractivity contribution in [2.75, 3.05) is 0 Å². The van der Waals surface area contributed by atoms with Crippen LogP contribution in [0, 0.1) is 0 Å². The van der Waals surface area contributed by atoms with Crippen LogP contribution in [0.4, 0.5) is 0 Å². The molecule has 0 aliphatic rings. The largest absolute Gasteiger partial charge is 0.507 e. The smallest absolute Gasteiger partial charge is 0.307 e. The molecule has 0 saturated carbocycles. The van der Waals surface area contributed by atoms with Crippen LogP contribution in [0.25, 0.3) is 0 Å². The van der Waals surface area contributed by atoms with Gasteiger partial charge in [-0.25, -0.2) is 0 Å². The fraction of sp³-hybridized carbons (Fsp3) is 0.130. The molecule has 6 nitrogen and oxygen atoms in total. The highest BCUT2D eigenvalue weighted by Gasteiger charge is 2.18. The second-order valence-corrected chi connectivity index (χ2v) is 8.55. The lowest BCUT2D eigenvalue weighted by atomic mass is 10.1. The van der Waals surface area contributed by atoms with Gasteiger partial charge in [-0.15, -0.1) is 0 Å². The van der Waals surface area contributed by atoms with Gasteiger partial charge in [0, 0.05) is 0 Å². The van der Waals surface area contributed by atoms with Gasteiger partial charge in [-0.2, -0.15) is 0 Å². The number of carboxylic acid groups (broad SMARTS) is 1. The number of nitrogens with one attached hydrogen (secondary N) is 1. The number of carbonyl (C=O) groups is 2. The molecule has 3 rings (SSSR count). The van der Waals surface area contributed by atoms with E-state index in [1.807, 2.05) is 37.3 Å². The fourth-order valence-electron chi connectivity index (χ4n) is 2.96. The summed E-state index contributed by atoms with van der Waals surface area (Å²) in [5.74, 6) is -0.785. The van der Waals surface area contributed by atoms with Gasteiger partial charge in [-0.05, 0) is 80.2 Å². The van der Waals surface area contributed by atoms with Crippen molar-refractivity contribution in [2.45, 2.75) is 19.4 Å². The van der Waals surface area contributed by atoms with Gasteiger partial charge in [0.25, 0.3) is 5.91 Å². The van der Waals surface area contributed by atoms with Gasteiger partial charge in [-0.3, -0.25) is 9.59 Å². The van der Waals surface area contributed by atoms with Gasteiger partial charge in [0.1, 0.15) is 11.5 Å². The highest BCUT2D eigenvalue weighted by atomic mass is 79.9. The molecule has 3 aromatic rings. The topological polar surface area (TPSA) is 95.9 Å². The van der Waals surface area contributed by atoms with Crippen LogP contribution in [0.3, 0.4) is 0 Å². The van der Waals surface area contributed by atoms with E-state index in [1.165, 1.54) is 18.2 Å². The van der Waals surface area contributed by atoms with Gasteiger partial charge >= 0.3 is 5.97 Å². The zero-order chi connectivity index (χ0) is 22.5. The lowest BCUT2D eigenvalue weighted by Crippen LogP contribution is -2.26. The number of phenolic OH excluding ortho intramolecular Hbond substituents is 1. The van der Waals surface area contributed by atoms with Crippen LogP contribution in [-0.2, 0) is 11.2 Å². The number of halogens is 2. The summed E-state index contributed by atoms with van der Waals surface area (Å²) in [7, 11) is 0. The first kappa shape index (κ1) is 22.8. The monoisotopic (exact) mass is 547 g/mol. The van der Waals surface area contributed by atoms with E-state index in [0.717, 1.165) is 5.56 Å². The van der Waals surface area contributed by atoms with Gasteiger partial charge in [0.05, 0.1) is 27.0 Å². The van der Waals surface area contributed by atoms with Crippen molar-refractivity contribution in [3.8, 4) is 17.2 Å². The molecule has 8 heteroatoms. The van der Waals surface area contributed by atoms with E-state index in [9.17, 15) is 14.7 Å². The number of phenols is 1. The maximum absolute atomic E-state index is 12.7. The molecule has 3 N–H and O–H groups in total. The summed E-state index contributed by atoms with van der Waals surface area (Å²) in [4.78, 5) is 23.7. The van der Waals surface area contributed by atoms with Crippen LogP contribution >= 0.6 is 31.9 Å². The molecule has 31 heavy (non-hydrogen) atoms. The van der Waals surface area contributed by atoms with Crippen molar-refractivity contribution < 1.29 is 24.5 Å². The van der Waals surface area contributed by atoms with Crippen molar-refractivity contribution in [1.82, 2.24) is 5.32 Å². The van der Waals surface area contributed by atoms with Crippen LogP contribution < -0.4 is 10.1 Å². The molecule has 0 fully saturated rings. The maximum atomic E-state index is 12.7. The standard InChI is InChI=1S/C23H19Br2NO5/c1-13(15-5-3-2-4-6-15)26-23(30)17-12-16(7-8-20(17)27)31-22-18(24)9-14(10-19(22)25)11-21(28)29/h2-10,12-13,27H,11H2,1H3,(H,26,30)(H,28,29). The van der Waals surface area contributed by atoms with E-state index in [1.54, 1.807) is 12.1 Å². The minimum Gasteiger partial charge on any atom is -0.507 e. The predicted octanol–water partition coefficient (Wildman–Crippen LogP) is 5.83. The van der Waals surface area contributed by atoms with E-state index in [0.29, 0.717) is 26.0 Å². The van der Waals surface area contributed by atoms with Gasteiger partial charge < -0.3 is 20.3 Å². The van der Waals surface area contributed by atoms with Crippen LogP contribution in [-0.4, -0.2) is 22.1 Å². The molecule has 1 unspecified atom stereocenters. The van der Waals surface area contributed by atoms with Crippen molar-refractivity contribution in [3.63, 3.8) is 0 Å². The second-order valence-electron chi connectivity index (χ2n) is 6.85. The van der Waals surface area contributed by atoms with Gasteiger partial charge in [0.15, 0.2) is 5.75 Å². The quantitative estimate of drug-likeness (QED) is 0.345. The number of hydrogen-bond donors (Lipinski definition) is 3. The summed E-state index contributed by atoms with van der Waals surface area (Å²) in [5, 5.41) is 22.0. The Morgan fingerprint density at radius 3 is 2.29 bits per heavy atom. The second kappa shape index (κ2) is 9.98. The molecule has 0 bridgehead atoms. The molecule has 0 aliphatic carbocycles. The maximum Gasteiger partial charge on any atom is 0.307 e. The van der Waals surface area contributed by atoms with E-state index in [2.05, 4.69) is 37.2 Å². The molecule has 0 spiro atoms. The molecule has 160 valence electrons. The van der Waals surface area contributed by atoms with Crippen LogP contribution in [0.2, 0.25) is 0 Å². The lowest BCUT2D eigenvalue weighted by Gasteiger charge is -2.16. The van der Waals surface area contributed by atoms with Crippen LogP contribution in [0.5, 0.6) is 17.2 Å². The van der Waals surface area contributed by atoms with Crippen molar-refractivity contribution in [1.29, 1.82) is 0 Å². The number of carbonyl (C=O) groups excluding carboxylic acids is 1. The summed E-state index contributed by atoms with van der Waals surface area (Å²) >= 11 is 6.78. The highest BCUT2D eigenvalue weighted by Crippen LogP contribution is 2.39. The lowest BCUT2D eigenvalue weighted by molar-refractivity contribution is -0.136. The fourth-order valence-corrected chi connectivity index (χ4v) is 4.41. The Hall–Kier alpha value is -2.84. The number of rotatable bonds is 7. The Morgan fingerprint density at radius 1 is 1.03 bits per heavy atom. The Kier molecular flexibility index (Phi) is 7.35. The first-order valence-corrected chi connectivity index (χ1v) is 10.9. The Morgan fingerprint density at radius 2 is 1.68 bits per heavy atom. The predicted molar refractivity (Wildman–Crippen MR) is 124 cm³/mol. The number of hydrogen-bond acceptors (Lipinski definition) is 4. The molecule has 0 heterocycles. The van der Waals surface area contributed by atoms with Crippen molar-refractivity contribution in [2.24, 2.45) is 0 Å². The molecule has 1 atom stereocenters. The van der Waals surface area contributed by atoms with Crippen molar-refractivity contribution in [3.05, 3.63) is 86.3 Å². The minimum absolute atomic E-state index is 0.0787. The third-order valence-electron chi connectivity index (χ3n) is 4.49. The number of carboxylic acids is 1. The zero-order valence-corrected chi connectivity index (χ0v) is 19.6. The Balaban J connectivity index is 1.81. The number of ether oxygens (including phenoxy) is 1. The molecule has 0 radical (unpaired) electrons. The van der Waals surface area contributed by atoms with E-state index in [-0.39, 0.29) is 23.8 Å². The third kappa shape index (κ3) is 5.86. The minimum atomic E-state index is -0.939. The number of benzene rings is 3. The molecular formula is C23H19Br2NO5. The Bertz CT molecular complexity index is 1100. The normalized spacial score (nSPS) is 11.6. The van der Waals surface area contributed by atoms with E-state index < -0.39 is 11.9 Å². The molecule has 0 aliphatic heterocycles. The van der Waals surface area contributed by atoms with E-state index >= 15 is 0 Å². The Labute approximate surface area is 196 Å². The summed E-state index contributed by atoms with van der Waals surface area (Å²) < 4.78 is 7.00. The summed E-state index contributed by atoms with van der Waals surface area (Å²) in [6.45, 7) is 1.86. The number of amides is 1. The number of aromatic hydroxyl groups is 1. The van der Waals surface area contributed by atoms with Gasteiger partial charge in [0.2, 0.25) is 0 Å².